The van der Waals surface area contributed by atoms with Gasteiger partial charge in [0.1, 0.15) is 0 Å². The molecule has 20 heavy (non-hydrogen) atoms. The second-order valence-corrected chi connectivity index (χ2v) is 5.67. The molecule has 0 saturated heterocycles. The molecule has 0 saturated carbocycles. The lowest BCUT2D eigenvalue weighted by Crippen LogP contribution is -2.16. The smallest absolute Gasteiger partial charge is 0.398 e. The van der Waals surface area contributed by atoms with E-state index < -0.39 is 11.7 Å². The Morgan fingerprint density at radius 2 is 1.80 bits per heavy atom. The van der Waals surface area contributed by atoms with Crippen LogP contribution in [0.5, 0.6) is 0 Å². The fourth-order valence-electron chi connectivity index (χ4n) is 2.08. The van der Waals surface area contributed by atoms with Gasteiger partial charge in [0.25, 0.3) is 0 Å². The van der Waals surface area contributed by atoms with E-state index in [2.05, 4.69) is 19.2 Å². The van der Waals surface area contributed by atoms with Crippen molar-refractivity contribution >= 4 is 11.4 Å². The van der Waals surface area contributed by atoms with Crippen LogP contribution in [0.3, 0.4) is 0 Å². The van der Waals surface area contributed by atoms with Crippen LogP contribution in [-0.4, -0.2) is 6.04 Å². The zero-order valence-corrected chi connectivity index (χ0v) is 12.2. The van der Waals surface area contributed by atoms with Crippen LogP contribution >= 0.6 is 0 Å². The van der Waals surface area contributed by atoms with Crippen molar-refractivity contribution < 1.29 is 13.2 Å². The van der Waals surface area contributed by atoms with Crippen LogP contribution in [0.1, 0.15) is 45.6 Å². The van der Waals surface area contributed by atoms with Crippen molar-refractivity contribution in [2.45, 2.75) is 52.3 Å². The molecule has 0 aliphatic heterocycles. The summed E-state index contributed by atoms with van der Waals surface area (Å²) >= 11 is 0. The summed E-state index contributed by atoms with van der Waals surface area (Å²) in [5, 5.41) is 3.10. The van der Waals surface area contributed by atoms with Crippen molar-refractivity contribution in [1.29, 1.82) is 0 Å². The Morgan fingerprint density at radius 1 is 1.15 bits per heavy atom. The van der Waals surface area contributed by atoms with E-state index >= 15 is 0 Å². The molecule has 0 heterocycles. The van der Waals surface area contributed by atoms with E-state index in [1.807, 2.05) is 6.92 Å². The van der Waals surface area contributed by atoms with Gasteiger partial charge in [0.05, 0.1) is 5.56 Å². The van der Waals surface area contributed by atoms with Crippen molar-refractivity contribution in [3.63, 3.8) is 0 Å². The molecule has 0 aliphatic carbocycles. The molecule has 3 N–H and O–H groups in total. The fraction of sp³-hybridized carbons (Fsp3) is 0.600. The van der Waals surface area contributed by atoms with Gasteiger partial charge in [0, 0.05) is 17.4 Å². The van der Waals surface area contributed by atoms with Crippen molar-refractivity contribution in [2.75, 3.05) is 11.1 Å². The summed E-state index contributed by atoms with van der Waals surface area (Å²) in [4.78, 5) is 0. The standard InChI is InChI=1S/C15H23F3N2/c1-10(2)5-4-6-11(3)20-12-7-8-14(19)13(9-12)15(16,17)18/h7-11,20H,4-6,19H2,1-3H3. The van der Waals surface area contributed by atoms with Crippen molar-refractivity contribution in [3.05, 3.63) is 23.8 Å². The summed E-state index contributed by atoms with van der Waals surface area (Å²) in [5.74, 6) is 0.649. The maximum atomic E-state index is 12.7. The summed E-state index contributed by atoms with van der Waals surface area (Å²) in [5.41, 5.74) is 4.81. The molecule has 0 spiro atoms. The summed E-state index contributed by atoms with van der Waals surface area (Å²) in [6.45, 7) is 6.30. The highest BCUT2D eigenvalue weighted by Gasteiger charge is 2.33. The normalized spacial score (nSPS) is 13.6. The number of nitrogens with one attached hydrogen (secondary N) is 1. The number of rotatable bonds is 6. The lowest BCUT2D eigenvalue weighted by molar-refractivity contribution is -0.136. The van der Waals surface area contributed by atoms with Gasteiger partial charge in [-0.3, -0.25) is 0 Å². The molecule has 1 rings (SSSR count). The third-order valence-electron chi connectivity index (χ3n) is 3.19. The topological polar surface area (TPSA) is 38.0 Å². The molecule has 0 amide bonds. The zero-order chi connectivity index (χ0) is 15.3. The molecule has 0 fully saturated rings. The number of anilines is 2. The summed E-state index contributed by atoms with van der Waals surface area (Å²) in [6, 6.07) is 4.10. The Kier molecular flexibility index (Phi) is 5.72. The van der Waals surface area contributed by atoms with Gasteiger partial charge in [0.15, 0.2) is 0 Å². The zero-order valence-electron chi connectivity index (χ0n) is 12.2. The Morgan fingerprint density at radius 3 is 2.35 bits per heavy atom. The quantitative estimate of drug-likeness (QED) is 0.729. The Bertz CT molecular complexity index is 428. The van der Waals surface area contributed by atoms with E-state index in [0.29, 0.717) is 11.6 Å². The van der Waals surface area contributed by atoms with Crippen LogP contribution in [-0.2, 0) is 6.18 Å². The third kappa shape index (κ3) is 5.31. The van der Waals surface area contributed by atoms with Crippen LogP contribution < -0.4 is 11.1 Å². The summed E-state index contributed by atoms with van der Waals surface area (Å²) in [7, 11) is 0. The maximum Gasteiger partial charge on any atom is 0.418 e. The molecule has 1 aromatic carbocycles. The van der Waals surface area contributed by atoms with E-state index in [-0.39, 0.29) is 11.7 Å². The number of benzene rings is 1. The number of nitrogens with two attached hydrogens (primary N) is 1. The van der Waals surface area contributed by atoms with Gasteiger partial charge in [-0.1, -0.05) is 26.7 Å². The number of alkyl halides is 3. The first-order chi connectivity index (χ1) is 9.20. The van der Waals surface area contributed by atoms with E-state index in [1.54, 1.807) is 6.07 Å². The van der Waals surface area contributed by atoms with Crippen LogP contribution in [0.2, 0.25) is 0 Å². The molecule has 0 aliphatic rings. The highest BCUT2D eigenvalue weighted by molar-refractivity contribution is 5.58. The predicted octanol–water partition coefficient (Wildman–Crippen LogP) is 4.91. The van der Waals surface area contributed by atoms with Gasteiger partial charge in [-0.15, -0.1) is 0 Å². The minimum atomic E-state index is -4.41. The van der Waals surface area contributed by atoms with Gasteiger partial charge < -0.3 is 11.1 Å². The maximum absolute atomic E-state index is 12.7. The molecule has 0 aromatic heterocycles. The largest absolute Gasteiger partial charge is 0.418 e. The first-order valence-corrected chi connectivity index (χ1v) is 6.93. The van der Waals surface area contributed by atoms with E-state index in [9.17, 15) is 13.2 Å². The van der Waals surface area contributed by atoms with Crippen molar-refractivity contribution in [3.8, 4) is 0 Å². The SMILES string of the molecule is CC(C)CCCC(C)Nc1ccc(N)c(C(F)(F)F)c1. The highest BCUT2D eigenvalue weighted by Crippen LogP contribution is 2.35. The van der Waals surface area contributed by atoms with Gasteiger partial charge in [-0.05, 0) is 37.5 Å². The van der Waals surface area contributed by atoms with Crippen LogP contribution in [0.15, 0.2) is 18.2 Å². The van der Waals surface area contributed by atoms with Crippen molar-refractivity contribution in [2.24, 2.45) is 5.92 Å². The Labute approximate surface area is 118 Å². The minimum Gasteiger partial charge on any atom is -0.398 e. The molecule has 0 bridgehead atoms. The number of nitrogen functional groups attached to an aromatic ring is 1. The minimum absolute atomic E-state index is 0.137. The lowest BCUT2D eigenvalue weighted by Gasteiger charge is -2.18. The molecule has 1 atom stereocenters. The van der Waals surface area contributed by atoms with E-state index in [0.717, 1.165) is 25.3 Å². The Balaban J connectivity index is 2.64. The third-order valence-corrected chi connectivity index (χ3v) is 3.19. The van der Waals surface area contributed by atoms with Gasteiger partial charge in [-0.25, -0.2) is 0 Å². The van der Waals surface area contributed by atoms with Gasteiger partial charge >= 0.3 is 6.18 Å². The molecular weight excluding hydrogens is 265 g/mol. The predicted molar refractivity (Wildman–Crippen MR) is 77.6 cm³/mol. The van der Waals surface area contributed by atoms with Crippen LogP contribution in [0.25, 0.3) is 0 Å². The van der Waals surface area contributed by atoms with E-state index in [4.69, 9.17) is 5.73 Å². The molecule has 0 radical (unpaired) electrons. The highest BCUT2D eigenvalue weighted by atomic mass is 19.4. The second-order valence-electron chi connectivity index (χ2n) is 5.67. The number of hydrogen-bond donors (Lipinski definition) is 2. The molecule has 2 nitrogen and oxygen atoms in total. The van der Waals surface area contributed by atoms with Crippen molar-refractivity contribution in [1.82, 2.24) is 0 Å². The second kappa shape index (κ2) is 6.86. The van der Waals surface area contributed by atoms with Crippen LogP contribution in [0, 0.1) is 5.92 Å². The van der Waals surface area contributed by atoms with Crippen LogP contribution in [0.4, 0.5) is 24.5 Å². The summed E-state index contributed by atoms with van der Waals surface area (Å²) < 4.78 is 38.2. The first-order valence-electron chi connectivity index (χ1n) is 6.93. The monoisotopic (exact) mass is 288 g/mol. The molecule has 1 aromatic rings. The lowest BCUT2D eigenvalue weighted by atomic mass is 10.0. The van der Waals surface area contributed by atoms with Gasteiger partial charge in [-0.2, -0.15) is 13.2 Å². The fourth-order valence-corrected chi connectivity index (χ4v) is 2.08. The average Bonchev–Trinajstić information content (AvgIpc) is 2.29. The molecule has 5 heteroatoms. The molecule has 1 unspecified atom stereocenters. The summed E-state index contributed by atoms with van der Waals surface area (Å²) in [6.07, 6.45) is -1.29. The Hall–Kier alpha value is -1.39. The number of hydrogen-bond acceptors (Lipinski definition) is 2. The molecule has 114 valence electrons. The number of halogens is 3. The first kappa shape index (κ1) is 16.7. The van der Waals surface area contributed by atoms with Gasteiger partial charge in [0.2, 0.25) is 0 Å². The average molecular weight is 288 g/mol. The van der Waals surface area contributed by atoms with E-state index in [1.165, 1.54) is 6.07 Å². The molecular formula is C15H23F3N2.